The average molecular weight is 284 g/mol. The smallest absolute Gasteiger partial charge is 0.258 e. The van der Waals surface area contributed by atoms with E-state index in [1.165, 1.54) is 48.5 Å². The van der Waals surface area contributed by atoms with Crippen molar-refractivity contribution >= 4 is 22.7 Å². The number of non-ortho nitro benzene ring substituents is 2. The molecule has 21 heavy (non-hydrogen) atoms. The van der Waals surface area contributed by atoms with Gasteiger partial charge in [-0.25, -0.2) is 4.90 Å². The van der Waals surface area contributed by atoms with Crippen LogP contribution in [0.4, 0.5) is 22.7 Å². The summed E-state index contributed by atoms with van der Waals surface area (Å²) in [4.78, 5) is 21.4. The second kappa shape index (κ2) is 5.66. The molecule has 0 heterocycles. The van der Waals surface area contributed by atoms with E-state index in [9.17, 15) is 25.5 Å². The van der Waals surface area contributed by atoms with E-state index in [1.54, 1.807) is 0 Å². The molecule has 0 spiro atoms. The summed E-state index contributed by atoms with van der Waals surface area (Å²) in [6.07, 6.45) is 1.86. The monoisotopic (exact) mass is 284 g/mol. The fourth-order valence-electron chi connectivity index (χ4n) is 1.76. The van der Waals surface area contributed by atoms with Gasteiger partial charge in [0, 0.05) is 24.3 Å². The van der Waals surface area contributed by atoms with Crippen molar-refractivity contribution in [3.05, 3.63) is 68.8 Å². The highest BCUT2D eigenvalue weighted by atomic mass is 16.6. The highest BCUT2D eigenvalue weighted by Crippen LogP contribution is 2.29. The Bertz CT molecular complexity index is 696. The summed E-state index contributed by atoms with van der Waals surface area (Å²) in [6.45, 7) is 0. The maximum atomic E-state index is 10.8. The number of nitrogens with zero attached hydrogens (tertiary/aromatic N) is 4. The molecule has 0 N–H and O–H groups in total. The summed E-state index contributed by atoms with van der Waals surface area (Å²) in [5.41, 5.74) is 0.177. The molecule has 0 unspecified atom stereocenters. The van der Waals surface area contributed by atoms with E-state index in [1.807, 2.05) is 6.19 Å². The van der Waals surface area contributed by atoms with Crippen molar-refractivity contribution in [3.8, 4) is 6.19 Å². The van der Waals surface area contributed by atoms with Crippen molar-refractivity contribution in [2.75, 3.05) is 4.90 Å². The summed E-state index contributed by atoms with van der Waals surface area (Å²) in [5, 5.41) is 30.7. The maximum Gasteiger partial charge on any atom is 0.271 e. The van der Waals surface area contributed by atoms with Crippen LogP contribution in [0.5, 0.6) is 0 Å². The molecule has 0 radical (unpaired) electrons. The second-order valence-corrected chi connectivity index (χ2v) is 3.99. The highest BCUT2D eigenvalue weighted by molar-refractivity contribution is 5.70. The Balaban J connectivity index is 2.47. The van der Waals surface area contributed by atoms with Crippen LogP contribution in [0, 0.1) is 31.7 Å². The largest absolute Gasteiger partial charge is 0.271 e. The molecule has 104 valence electrons. The van der Waals surface area contributed by atoms with Crippen LogP contribution < -0.4 is 4.90 Å². The zero-order chi connectivity index (χ0) is 15.4. The third-order valence-electron chi connectivity index (χ3n) is 2.70. The van der Waals surface area contributed by atoms with Crippen molar-refractivity contribution in [1.82, 2.24) is 0 Å². The minimum Gasteiger partial charge on any atom is -0.258 e. The summed E-state index contributed by atoms with van der Waals surface area (Å²) in [7, 11) is 0. The van der Waals surface area contributed by atoms with Gasteiger partial charge in [0.15, 0.2) is 6.19 Å². The minimum absolute atomic E-state index is 0.168. The van der Waals surface area contributed by atoms with Crippen molar-refractivity contribution in [3.63, 3.8) is 0 Å². The zero-order valence-electron chi connectivity index (χ0n) is 10.5. The van der Waals surface area contributed by atoms with Gasteiger partial charge in [0.05, 0.1) is 21.2 Å². The third kappa shape index (κ3) is 2.93. The van der Waals surface area contributed by atoms with E-state index >= 15 is 0 Å². The van der Waals surface area contributed by atoms with Gasteiger partial charge in [-0.05, 0) is 12.1 Å². The highest BCUT2D eigenvalue weighted by Gasteiger charge is 2.15. The lowest BCUT2D eigenvalue weighted by molar-refractivity contribution is -0.384. The van der Waals surface area contributed by atoms with Crippen LogP contribution in [0.1, 0.15) is 0 Å². The lowest BCUT2D eigenvalue weighted by Crippen LogP contribution is -2.09. The molecule has 0 fully saturated rings. The summed E-state index contributed by atoms with van der Waals surface area (Å²) in [6, 6.07) is 10.9. The van der Waals surface area contributed by atoms with Gasteiger partial charge in [-0.1, -0.05) is 12.1 Å². The number of anilines is 2. The maximum absolute atomic E-state index is 10.8. The first kappa shape index (κ1) is 14.0. The van der Waals surface area contributed by atoms with E-state index in [0.717, 1.165) is 4.90 Å². The predicted molar refractivity (Wildman–Crippen MR) is 73.9 cm³/mol. The Hall–Kier alpha value is -3.47. The molecule has 0 saturated heterocycles. The number of nitro benzene ring substituents is 2. The summed E-state index contributed by atoms with van der Waals surface area (Å²) >= 11 is 0. The molecule has 0 aliphatic heterocycles. The van der Waals surface area contributed by atoms with Crippen LogP contribution in [0.15, 0.2) is 48.5 Å². The summed E-state index contributed by atoms with van der Waals surface area (Å²) in [5.74, 6) is 0. The fraction of sp³-hybridized carbons (Fsp3) is 0. The van der Waals surface area contributed by atoms with Gasteiger partial charge in [-0.15, -0.1) is 0 Å². The van der Waals surface area contributed by atoms with Crippen LogP contribution in [-0.2, 0) is 0 Å². The topological polar surface area (TPSA) is 113 Å². The van der Waals surface area contributed by atoms with Gasteiger partial charge >= 0.3 is 0 Å². The van der Waals surface area contributed by atoms with Crippen LogP contribution in [0.25, 0.3) is 0 Å². The Morgan fingerprint density at radius 2 is 1.33 bits per heavy atom. The normalized spacial score (nSPS) is 9.67. The Labute approximate surface area is 118 Å². The lowest BCUT2D eigenvalue weighted by Gasteiger charge is -2.15. The zero-order valence-corrected chi connectivity index (χ0v) is 10.5. The van der Waals surface area contributed by atoms with Crippen molar-refractivity contribution in [2.24, 2.45) is 0 Å². The number of nitro groups is 2. The molecule has 0 atom stereocenters. The number of nitriles is 1. The first-order valence-electron chi connectivity index (χ1n) is 5.71. The molecule has 0 aliphatic rings. The van der Waals surface area contributed by atoms with Crippen LogP contribution in [0.3, 0.4) is 0 Å². The molecule has 0 aliphatic carbocycles. The van der Waals surface area contributed by atoms with Crippen molar-refractivity contribution in [2.45, 2.75) is 0 Å². The van der Waals surface area contributed by atoms with Gasteiger partial charge in [-0.2, -0.15) is 5.26 Å². The van der Waals surface area contributed by atoms with E-state index in [-0.39, 0.29) is 22.7 Å². The molecule has 0 amide bonds. The second-order valence-electron chi connectivity index (χ2n) is 3.99. The van der Waals surface area contributed by atoms with Crippen molar-refractivity contribution < 1.29 is 9.85 Å². The molecule has 2 rings (SSSR count). The van der Waals surface area contributed by atoms with E-state index < -0.39 is 9.85 Å². The Morgan fingerprint density at radius 1 is 0.905 bits per heavy atom. The average Bonchev–Trinajstić information content (AvgIpc) is 2.48. The van der Waals surface area contributed by atoms with Gasteiger partial charge in [0.2, 0.25) is 0 Å². The lowest BCUT2D eigenvalue weighted by atomic mass is 10.2. The number of hydrogen-bond acceptors (Lipinski definition) is 6. The molecule has 0 aromatic heterocycles. The fourth-order valence-corrected chi connectivity index (χ4v) is 1.76. The van der Waals surface area contributed by atoms with Crippen LogP contribution in [0.2, 0.25) is 0 Å². The SMILES string of the molecule is N#CN(c1cccc([N+](=O)[O-])c1)c1cccc([N+](=O)[O-])c1. The minimum atomic E-state index is -0.577. The molecular weight excluding hydrogens is 276 g/mol. The molecule has 8 nitrogen and oxygen atoms in total. The van der Waals surface area contributed by atoms with E-state index in [0.29, 0.717) is 0 Å². The number of benzene rings is 2. The van der Waals surface area contributed by atoms with Crippen molar-refractivity contribution in [1.29, 1.82) is 5.26 Å². The molecule has 0 saturated carbocycles. The van der Waals surface area contributed by atoms with E-state index in [4.69, 9.17) is 0 Å². The standard InChI is InChI=1S/C13H8N4O4/c14-9-15(10-3-1-5-12(7-10)16(18)19)11-4-2-6-13(8-11)17(20)21/h1-8H. The number of rotatable bonds is 4. The Morgan fingerprint density at radius 3 is 1.67 bits per heavy atom. The molecule has 0 bridgehead atoms. The first-order chi connectivity index (χ1) is 10.0. The predicted octanol–water partition coefficient (Wildman–Crippen LogP) is 3.12. The van der Waals surface area contributed by atoms with E-state index in [2.05, 4.69) is 0 Å². The van der Waals surface area contributed by atoms with Crippen LogP contribution >= 0.6 is 0 Å². The molecule has 8 heteroatoms. The summed E-state index contributed by atoms with van der Waals surface area (Å²) < 4.78 is 0. The Kier molecular flexibility index (Phi) is 3.76. The molecule has 2 aromatic carbocycles. The first-order valence-corrected chi connectivity index (χ1v) is 5.71. The molecule has 2 aromatic rings. The van der Waals surface area contributed by atoms with Gasteiger partial charge in [-0.3, -0.25) is 20.2 Å². The third-order valence-corrected chi connectivity index (χ3v) is 2.70. The molecular formula is C13H8N4O4. The van der Waals surface area contributed by atoms with Gasteiger partial charge < -0.3 is 0 Å². The number of hydrogen-bond donors (Lipinski definition) is 0. The van der Waals surface area contributed by atoms with Gasteiger partial charge in [0.25, 0.3) is 11.4 Å². The van der Waals surface area contributed by atoms with Crippen LogP contribution in [-0.4, -0.2) is 9.85 Å². The van der Waals surface area contributed by atoms with Gasteiger partial charge in [0.1, 0.15) is 0 Å². The quantitative estimate of drug-likeness (QED) is 0.369.